The molecule has 3 aromatic rings. The molecule has 2 heterocycles. The predicted molar refractivity (Wildman–Crippen MR) is 350 cm³/mol. The predicted octanol–water partition coefficient (Wildman–Crippen LogP) is 5.10. The lowest BCUT2D eigenvalue weighted by molar-refractivity contribution is -0.148. The third-order valence-corrected chi connectivity index (χ3v) is 18.0. The number of hydrogen-bond acceptors (Lipinski definition) is 16. The fourth-order valence-electron chi connectivity index (χ4n) is 11.6. The minimum Gasteiger partial charge on any atom is -0.431 e. The molecule has 506 valence electrons. The van der Waals surface area contributed by atoms with Crippen molar-refractivity contribution in [3.05, 3.63) is 82.3 Å². The first-order chi connectivity index (χ1) is 43.1. The summed E-state index contributed by atoms with van der Waals surface area (Å²) in [5, 5.41) is 16.8. The SMILES string of the molecule is CC[C@H](C)[C@@H]([C@@H](CC(=O)N1CCC[C@H]1[C@H](OC)[C@@H](C)C(=O)N[C@@H](Cc1ccccc1)c1nccs1)OC)N(C)C(=O)[C@@H](NC(=O)[C@H](C(C)C)N(C)C(=O)OC(C(=O)N(CC)CCN)c1ccc(NC(=O)[C@H](CCCNC(N)=O)NC(=O)[C@@H](N)C(C)C)cc1)C(C)C. The van der Waals surface area contributed by atoms with Crippen LogP contribution in [0.3, 0.4) is 0 Å². The molecule has 2 aromatic carbocycles. The van der Waals surface area contributed by atoms with Gasteiger partial charge >= 0.3 is 12.1 Å². The fourth-order valence-corrected chi connectivity index (χ4v) is 12.3. The van der Waals surface area contributed by atoms with Crippen LogP contribution in [0.15, 0.2) is 66.2 Å². The van der Waals surface area contributed by atoms with Crippen molar-refractivity contribution < 1.29 is 57.4 Å². The Balaban J connectivity index is 1.53. The summed E-state index contributed by atoms with van der Waals surface area (Å²) < 4.78 is 18.3. The van der Waals surface area contributed by atoms with Crippen molar-refractivity contribution in [3.8, 4) is 0 Å². The second-order valence-corrected chi connectivity index (χ2v) is 25.5. The maximum atomic E-state index is 15.0. The first-order valence-corrected chi connectivity index (χ1v) is 32.6. The van der Waals surface area contributed by atoms with E-state index in [0.29, 0.717) is 38.6 Å². The lowest BCUT2D eigenvalue weighted by atomic mass is 9.89. The second-order valence-electron chi connectivity index (χ2n) is 24.6. The van der Waals surface area contributed by atoms with Crippen molar-refractivity contribution in [2.75, 3.05) is 66.4 Å². The van der Waals surface area contributed by atoms with Crippen LogP contribution in [0.1, 0.15) is 136 Å². The van der Waals surface area contributed by atoms with E-state index in [1.165, 1.54) is 54.7 Å². The van der Waals surface area contributed by atoms with Gasteiger partial charge in [0.05, 0.1) is 48.7 Å². The zero-order chi connectivity index (χ0) is 67.8. The summed E-state index contributed by atoms with van der Waals surface area (Å²) in [7, 11) is 6.06. The standard InChI is InChI=1S/C65H103N13O12S/c1-15-41(9)54(49(88-13)37-50(79)78-33-21-25-48(78)55(89-14)42(10)57(80)73-47(61-69-32-35-91-61)36-43-22-18-17-19-23-43)75(11)62(84)52(39(5)6)74-60(83)53(40(7)8)76(12)65(87)90-56(63(85)77(16-2)34-30-66)44-26-28-45(29-27-44)71-58(81)46(24-20-31-70-64(68)86)72-59(82)51(67)38(3)4/h17-19,22-23,26-29,32,35,38-42,46-49,51-56H,15-16,20-21,24-25,30-31,33-34,36-37,66-67H2,1-14H3,(H,71,81)(H,72,82)(H,73,80)(H,74,83)(H3,68,70,86)/t41-,42+,46-,47-,48-,49+,51-,52-,53-,54-,55+,56?/m0/s1. The smallest absolute Gasteiger partial charge is 0.411 e. The van der Waals surface area contributed by atoms with Gasteiger partial charge < -0.3 is 72.7 Å². The van der Waals surface area contributed by atoms with Gasteiger partial charge in [-0.15, -0.1) is 11.3 Å². The van der Waals surface area contributed by atoms with E-state index in [4.69, 9.17) is 31.4 Å². The van der Waals surface area contributed by atoms with Gasteiger partial charge in [0.1, 0.15) is 23.1 Å². The molecule has 1 aliphatic rings. The number of likely N-dealkylation sites (N-methyl/N-ethyl adjacent to an activating group) is 3. The molecule has 0 spiro atoms. The molecular weight excluding hydrogens is 1190 g/mol. The Morgan fingerprint density at radius 1 is 0.791 bits per heavy atom. The molecule has 1 unspecified atom stereocenters. The van der Waals surface area contributed by atoms with E-state index in [1.807, 2.05) is 56.5 Å². The molecular formula is C65H103N13O12S. The van der Waals surface area contributed by atoms with Crippen molar-refractivity contribution in [3.63, 3.8) is 0 Å². The van der Waals surface area contributed by atoms with Gasteiger partial charge in [-0.1, -0.05) is 111 Å². The zero-order valence-electron chi connectivity index (χ0n) is 55.8. The highest BCUT2D eigenvalue weighted by Gasteiger charge is 2.44. The van der Waals surface area contributed by atoms with Crippen LogP contribution in [0.2, 0.25) is 0 Å². The number of amides is 10. The molecule has 1 aromatic heterocycles. The van der Waals surface area contributed by atoms with Crippen LogP contribution >= 0.6 is 11.3 Å². The molecule has 1 aliphatic heterocycles. The van der Waals surface area contributed by atoms with E-state index in [9.17, 15) is 38.4 Å². The summed E-state index contributed by atoms with van der Waals surface area (Å²) in [6, 6.07) is 9.40. The minimum atomic E-state index is -1.55. The first-order valence-electron chi connectivity index (χ1n) is 31.7. The normalized spacial score (nSPS) is 16.8. The van der Waals surface area contributed by atoms with Crippen LogP contribution in [0.5, 0.6) is 0 Å². The number of nitrogens with one attached hydrogen (secondary N) is 5. The minimum absolute atomic E-state index is 0.0940. The lowest BCUT2D eigenvalue weighted by Crippen LogP contribution is -2.60. The summed E-state index contributed by atoms with van der Waals surface area (Å²) in [6.07, 6.45) is 0.475. The van der Waals surface area contributed by atoms with Gasteiger partial charge in [0.25, 0.3) is 5.91 Å². The van der Waals surface area contributed by atoms with Gasteiger partial charge in [-0.25, -0.2) is 14.6 Å². The maximum absolute atomic E-state index is 15.0. The zero-order valence-corrected chi connectivity index (χ0v) is 56.6. The quantitative estimate of drug-likeness (QED) is 0.0351. The number of benzene rings is 2. The highest BCUT2D eigenvalue weighted by atomic mass is 32.1. The average Bonchev–Trinajstić information content (AvgIpc) is 2.01. The maximum Gasteiger partial charge on any atom is 0.411 e. The Bertz CT molecular complexity index is 2810. The van der Waals surface area contributed by atoms with E-state index >= 15 is 4.79 Å². The van der Waals surface area contributed by atoms with Crippen LogP contribution in [0.4, 0.5) is 15.3 Å². The Morgan fingerprint density at radius 3 is 2.01 bits per heavy atom. The monoisotopic (exact) mass is 1290 g/mol. The molecule has 12 atom stereocenters. The summed E-state index contributed by atoms with van der Waals surface area (Å²) in [4.78, 5) is 136. The molecule has 0 radical (unpaired) electrons. The van der Waals surface area contributed by atoms with Crippen LogP contribution in [0.25, 0.3) is 0 Å². The number of likely N-dealkylation sites (tertiary alicyclic amines) is 1. The van der Waals surface area contributed by atoms with Gasteiger partial charge in [-0.05, 0) is 80.4 Å². The molecule has 4 rings (SSSR count). The molecule has 11 N–H and O–H groups in total. The topological polar surface area (TPSA) is 345 Å². The van der Waals surface area contributed by atoms with Gasteiger partial charge in [0.15, 0.2) is 0 Å². The number of rotatable bonds is 36. The Hall–Kier alpha value is -7.26. The highest BCUT2D eigenvalue weighted by molar-refractivity contribution is 7.09. The third kappa shape index (κ3) is 21.7. The summed E-state index contributed by atoms with van der Waals surface area (Å²) >= 11 is 1.47. The molecule has 0 bridgehead atoms. The molecule has 91 heavy (non-hydrogen) atoms. The van der Waals surface area contributed by atoms with E-state index in [0.717, 1.165) is 15.5 Å². The fraction of sp³-hybridized carbons (Fsp3) is 0.631. The van der Waals surface area contributed by atoms with Gasteiger partial charge in [0.2, 0.25) is 41.5 Å². The number of nitrogens with zero attached hydrogens (tertiary/aromatic N) is 5. The van der Waals surface area contributed by atoms with Gasteiger partial charge in [-0.2, -0.15) is 0 Å². The molecule has 0 saturated carbocycles. The number of carbonyl (C=O) groups excluding carboxylic acids is 9. The van der Waals surface area contributed by atoms with Crippen LogP contribution < -0.4 is 43.8 Å². The van der Waals surface area contributed by atoms with Gasteiger partial charge in [0, 0.05) is 83.9 Å². The van der Waals surface area contributed by atoms with E-state index in [2.05, 4.69) is 31.6 Å². The summed E-state index contributed by atoms with van der Waals surface area (Å²) in [6.45, 7) is 19.1. The number of aromatic nitrogens is 1. The lowest BCUT2D eigenvalue weighted by Gasteiger charge is -2.41. The molecule has 10 amide bonds. The number of hydrogen-bond donors (Lipinski definition) is 8. The van der Waals surface area contributed by atoms with Crippen LogP contribution in [-0.2, 0) is 54.2 Å². The molecule has 0 aliphatic carbocycles. The molecule has 1 saturated heterocycles. The number of nitrogens with two attached hydrogens (primary N) is 3. The van der Waals surface area contributed by atoms with Crippen molar-refractivity contribution in [2.24, 2.45) is 46.8 Å². The van der Waals surface area contributed by atoms with E-state index in [-0.39, 0.29) is 80.0 Å². The van der Waals surface area contributed by atoms with Crippen molar-refractivity contribution in [1.29, 1.82) is 0 Å². The third-order valence-electron chi connectivity index (χ3n) is 17.1. The average molecular weight is 1290 g/mol. The van der Waals surface area contributed by atoms with Gasteiger partial charge in [-0.3, -0.25) is 38.5 Å². The number of anilines is 1. The van der Waals surface area contributed by atoms with E-state index in [1.54, 1.807) is 78.6 Å². The highest BCUT2D eigenvalue weighted by Crippen LogP contribution is 2.32. The Kier molecular flexibility index (Phi) is 31.2. The number of primary amides is 1. The van der Waals surface area contributed by atoms with Crippen LogP contribution in [-0.4, -0.2) is 188 Å². The number of methoxy groups -OCH3 is 2. The number of thiazole rings is 1. The largest absolute Gasteiger partial charge is 0.431 e. The van der Waals surface area contributed by atoms with Crippen LogP contribution in [0, 0.1) is 29.6 Å². The van der Waals surface area contributed by atoms with Crippen molar-refractivity contribution in [1.82, 2.24) is 45.9 Å². The molecule has 1 fully saturated rings. The summed E-state index contributed by atoms with van der Waals surface area (Å²) in [5.41, 5.74) is 18.7. The number of urea groups is 1. The molecule has 26 heteroatoms. The Morgan fingerprint density at radius 2 is 1.46 bits per heavy atom. The van der Waals surface area contributed by atoms with E-state index < -0.39 is 114 Å². The first kappa shape index (κ1) is 76.2. The van der Waals surface area contributed by atoms with Crippen molar-refractivity contribution in [2.45, 2.75) is 175 Å². The summed E-state index contributed by atoms with van der Waals surface area (Å²) in [5.74, 6) is -5.35. The second kappa shape index (κ2) is 37.3. The number of carbonyl (C=O) groups is 9. The number of ether oxygens (including phenoxy) is 3. The van der Waals surface area contributed by atoms with Crippen molar-refractivity contribution >= 4 is 70.5 Å². The Labute approximate surface area is 541 Å². The molecule has 25 nitrogen and oxygen atoms in total.